The average molecular weight is 511 g/mol. The molecule has 1 atom stereocenters. The van der Waals surface area contributed by atoms with Gasteiger partial charge in [-0.05, 0) is 76.6 Å². The number of ether oxygens (including phenoxy) is 1. The minimum absolute atomic E-state index is 0.301. The molecule has 1 N–H and O–H groups in total. The zero-order valence-electron chi connectivity index (χ0n) is 21.6. The van der Waals surface area contributed by atoms with Crippen LogP contribution in [0.2, 0.25) is 0 Å². The fourth-order valence-corrected chi connectivity index (χ4v) is 4.28. The summed E-state index contributed by atoms with van der Waals surface area (Å²) in [5, 5.41) is 7.31. The standard InChI is InChI=1S/C28H26N6O4/c1-15-16(2)32-34(17(15)3)24-14-25(30-19(5)29-24)38-21-12-10-20(11-13-21)31-26(35)18(4)33-27(36)22-8-6-7-9-23(22)28(33)37/h6-14,18H,1-5H3,(H,31,35). The molecule has 0 fully saturated rings. The highest BCUT2D eigenvalue weighted by Gasteiger charge is 2.40. The Labute approximate surface area is 219 Å². The Morgan fingerprint density at radius 2 is 1.55 bits per heavy atom. The minimum Gasteiger partial charge on any atom is -0.439 e. The fourth-order valence-electron chi connectivity index (χ4n) is 4.28. The van der Waals surface area contributed by atoms with Crippen molar-refractivity contribution < 1.29 is 19.1 Å². The van der Waals surface area contributed by atoms with E-state index in [0.717, 1.165) is 21.9 Å². The predicted octanol–water partition coefficient (Wildman–Crippen LogP) is 4.31. The van der Waals surface area contributed by atoms with E-state index in [1.165, 1.54) is 6.92 Å². The number of fused-ring (bicyclic) bond motifs is 1. The molecule has 1 aliphatic heterocycles. The molecule has 10 heteroatoms. The van der Waals surface area contributed by atoms with Crippen molar-refractivity contribution in [1.29, 1.82) is 0 Å². The molecular formula is C28H26N6O4. The summed E-state index contributed by atoms with van der Waals surface area (Å²) in [5.41, 5.74) is 4.10. The Bertz CT molecular complexity index is 1560. The number of carbonyl (C=O) groups excluding carboxylic acids is 3. The molecule has 0 aliphatic carbocycles. The summed E-state index contributed by atoms with van der Waals surface area (Å²) < 4.78 is 7.71. The molecule has 0 saturated heterocycles. The number of hydrogen-bond acceptors (Lipinski definition) is 7. The van der Waals surface area contributed by atoms with Crippen LogP contribution in [-0.2, 0) is 4.79 Å². The lowest BCUT2D eigenvalue weighted by Crippen LogP contribution is -2.45. The Kier molecular flexibility index (Phi) is 6.23. The third kappa shape index (κ3) is 4.40. The van der Waals surface area contributed by atoms with Crippen LogP contribution in [-0.4, -0.2) is 48.4 Å². The molecule has 38 heavy (non-hydrogen) atoms. The highest BCUT2D eigenvalue weighted by molar-refractivity contribution is 6.23. The number of nitrogens with zero attached hydrogens (tertiary/aromatic N) is 5. The maximum atomic E-state index is 12.9. The molecule has 192 valence electrons. The van der Waals surface area contributed by atoms with Crippen molar-refractivity contribution in [3.63, 3.8) is 0 Å². The molecule has 2 aromatic carbocycles. The van der Waals surface area contributed by atoms with Gasteiger partial charge in [0.15, 0.2) is 5.82 Å². The number of benzene rings is 2. The predicted molar refractivity (Wildman–Crippen MR) is 140 cm³/mol. The zero-order chi connectivity index (χ0) is 27.1. The van der Waals surface area contributed by atoms with Crippen molar-refractivity contribution in [1.82, 2.24) is 24.6 Å². The fraction of sp³-hybridized carbons (Fsp3) is 0.214. The van der Waals surface area contributed by atoms with Crippen LogP contribution in [0.15, 0.2) is 54.6 Å². The third-order valence-electron chi connectivity index (χ3n) is 6.61. The number of nitrogens with one attached hydrogen (secondary N) is 1. The van der Waals surface area contributed by atoms with Gasteiger partial charge in [0.1, 0.15) is 17.6 Å². The maximum Gasteiger partial charge on any atom is 0.262 e. The summed E-state index contributed by atoms with van der Waals surface area (Å²) in [6.07, 6.45) is 0. The normalized spacial score (nSPS) is 13.4. The van der Waals surface area contributed by atoms with E-state index >= 15 is 0 Å². The number of imide groups is 1. The van der Waals surface area contributed by atoms with E-state index in [0.29, 0.717) is 40.1 Å². The van der Waals surface area contributed by atoms with Crippen LogP contribution in [0.1, 0.15) is 50.4 Å². The van der Waals surface area contributed by atoms with Crippen molar-refractivity contribution in [2.24, 2.45) is 0 Å². The summed E-state index contributed by atoms with van der Waals surface area (Å²) in [6, 6.07) is 14.0. The number of aryl methyl sites for hydroxylation is 2. The second-order valence-electron chi connectivity index (χ2n) is 9.14. The topological polar surface area (TPSA) is 119 Å². The SMILES string of the molecule is Cc1nc(Oc2ccc(NC(=O)C(C)N3C(=O)c4ccccc4C3=O)cc2)cc(-n2nc(C)c(C)c2C)n1. The van der Waals surface area contributed by atoms with Crippen molar-refractivity contribution >= 4 is 23.4 Å². The second-order valence-corrected chi connectivity index (χ2v) is 9.14. The van der Waals surface area contributed by atoms with Crippen molar-refractivity contribution in [2.75, 3.05) is 5.32 Å². The van der Waals surface area contributed by atoms with Gasteiger partial charge in [0.2, 0.25) is 11.8 Å². The number of anilines is 1. The number of amides is 3. The molecule has 0 radical (unpaired) electrons. The Balaban J connectivity index is 1.28. The number of carbonyl (C=O) groups is 3. The van der Waals surface area contributed by atoms with Gasteiger partial charge >= 0.3 is 0 Å². The van der Waals surface area contributed by atoms with Crippen LogP contribution in [0, 0.1) is 27.7 Å². The molecule has 10 nitrogen and oxygen atoms in total. The molecule has 0 bridgehead atoms. The molecule has 3 amide bonds. The molecule has 0 spiro atoms. The van der Waals surface area contributed by atoms with Gasteiger partial charge in [-0.25, -0.2) is 9.67 Å². The number of hydrogen-bond donors (Lipinski definition) is 1. The smallest absolute Gasteiger partial charge is 0.262 e. The Morgan fingerprint density at radius 3 is 2.13 bits per heavy atom. The number of rotatable bonds is 6. The van der Waals surface area contributed by atoms with E-state index in [2.05, 4.69) is 20.4 Å². The van der Waals surface area contributed by atoms with Crippen LogP contribution in [0.5, 0.6) is 11.6 Å². The number of aromatic nitrogens is 4. The summed E-state index contributed by atoms with van der Waals surface area (Å²) in [6.45, 7) is 9.25. The quantitative estimate of drug-likeness (QED) is 0.384. The van der Waals surface area contributed by atoms with E-state index in [1.54, 1.807) is 66.2 Å². The van der Waals surface area contributed by atoms with Gasteiger partial charge in [-0.15, -0.1) is 0 Å². The molecule has 2 aromatic heterocycles. The highest BCUT2D eigenvalue weighted by Crippen LogP contribution is 2.27. The van der Waals surface area contributed by atoms with Crippen LogP contribution in [0.3, 0.4) is 0 Å². The van der Waals surface area contributed by atoms with Gasteiger partial charge in [-0.2, -0.15) is 10.1 Å². The summed E-state index contributed by atoms with van der Waals surface area (Å²) in [5.74, 6) is 0.559. The average Bonchev–Trinajstić information content (AvgIpc) is 3.31. The van der Waals surface area contributed by atoms with E-state index < -0.39 is 23.8 Å². The van der Waals surface area contributed by atoms with Gasteiger partial charge in [0.05, 0.1) is 16.8 Å². The van der Waals surface area contributed by atoms with Crippen LogP contribution in [0.25, 0.3) is 5.82 Å². The third-order valence-corrected chi connectivity index (χ3v) is 6.61. The van der Waals surface area contributed by atoms with E-state index in [4.69, 9.17) is 4.74 Å². The molecule has 1 unspecified atom stereocenters. The Morgan fingerprint density at radius 1 is 0.921 bits per heavy atom. The first-order valence-corrected chi connectivity index (χ1v) is 12.1. The maximum absolute atomic E-state index is 12.9. The first-order chi connectivity index (χ1) is 18.1. The Hall–Kier alpha value is -4.86. The van der Waals surface area contributed by atoms with Crippen molar-refractivity contribution in [3.8, 4) is 17.4 Å². The van der Waals surface area contributed by atoms with Crippen LogP contribution < -0.4 is 10.1 Å². The summed E-state index contributed by atoms with van der Waals surface area (Å²) in [7, 11) is 0. The van der Waals surface area contributed by atoms with Crippen molar-refractivity contribution in [2.45, 2.75) is 40.7 Å². The lowest BCUT2D eigenvalue weighted by molar-refractivity contribution is -0.119. The van der Waals surface area contributed by atoms with Crippen molar-refractivity contribution in [3.05, 3.63) is 88.5 Å². The van der Waals surface area contributed by atoms with Gasteiger partial charge in [-0.1, -0.05) is 12.1 Å². The molecule has 0 saturated carbocycles. The van der Waals surface area contributed by atoms with E-state index in [1.807, 2.05) is 20.8 Å². The van der Waals surface area contributed by atoms with Crippen LogP contribution in [0.4, 0.5) is 5.69 Å². The van der Waals surface area contributed by atoms with E-state index in [9.17, 15) is 14.4 Å². The zero-order valence-corrected chi connectivity index (χ0v) is 21.6. The van der Waals surface area contributed by atoms with Crippen LogP contribution >= 0.6 is 0 Å². The van der Waals surface area contributed by atoms with Gasteiger partial charge < -0.3 is 10.1 Å². The largest absolute Gasteiger partial charge is 0.439 e. The first-order valence-electron chi connectivity index (χ1n) is 12.1. The summed E-state index contributed by atoms with van der Waals surface area (Å²) in [4.78, 5) is 48.1. The molecule has 1 aliphatic rings. The second kappa shape index (κ2) is 9.55. The monoisotopic (exact) mass is 510 g/mol. The molecule has 5 rings (SSSR count). The summed E-state index contributed by atoms with van der Waals surface area (Å²) >= 11 is 0. The van der Waals surface area contributed by atoms with Gasteiger partial charge in [0, 0.05) is 17.4 Å². The first kappa shape index (κ1) is 24.8. The molecule has 4 aromatic rings. The molecular weight excluding hydrogens is 484 g/mol. The lowest BCUT2D eigenvalue weighted by Gasteiger charge is -2.21. The molecule has 3 heterocycles. The lowest BCUT2D eigenvalue weighted by atomic mass is 10.1. The van der Waals surface area contributed by atoms with E-state index in [-0.39, 0.29) is 0 Å². The highest BCUT2D eigenvalue weighted by atomic mass is 16.5. The minimum atomic E-state index is -0.987. The van der Waals surface area contributed by atoms with Gasteiger partial charge in [-0.3, -0.25) is 19.3 Å². The van der Waals surface area contributed by atoms with Gasteiger partial charge in [0.25, 0.3) is 11.8 Å².